The third-order valence-corrected chi connectivity index (χ3v) is 3.49. The molecule has 1 aliphatic heterocycles. The summed E-state index contributed by atoms with van der Waals surface area (Å²) in [7, 11) is 1.89. The van der Waals surface area contributed by atoms with Crippen LogP contribution in [0.5, 0.6) is 0 Å². The second-order valence-corrected chi connectivity index (χ2v) is 4.83. The molecule has 0 amide bonds. The van der Waals surface area contributed by atoms with Crippen molar-refractivity contribution in [2.24, 2.45) is 5.73 Å². The molecule has 2 N–H and O–H groups in total. The second kappa shape index (κ2) is 5.68. The van der Waals surface area contributed by atoms with E-state index in [1.807, 2.05) is 11.9 Å². The molecule has 0 aromatic heterocycles. The first-order valence-electron chi connectivity index (χ1n) is 6.23. The smallest absolute Gasteiger partial charge is 0.295 e. The highest BCUT2D eigenvalue weighted by atomic mass is 19.2. The van der Waals surface area contributed by atoms with E-state index in [0.29, 0.717) is 19.6 Å². The second-order valence-electron chi connectivity index (χ2n) is 4.83. The van der Waals surface area contributed by atoms with Crippen LogP contribution < -0.4 is 10.6 Å². The van der Waals surface area contributed by atoms with Crippen LogP contribution >= 0.6 is 0 Å². The van der Waals surface area contributed by atoms with Crippen molar-refractivity contribution >= 4 is 11.4 Å². The van der Waals surface area contributed by atoms with Gasteiger partial charge in [0.15, 0.2) is 17.3 Å². The molecule has 1 unspecified atom stereocenters. The van der Waals surface area contributed by atoms with Gasteiger partial charge < -0.3 is 15.5 Å². The van der Waals surface area contributed by atoms with Crippen molar-refractivity contribution in [2.45, 2.75) is 6.04 Å². The fourth-order valence-corrected chi connectivity index (χ4v) is 2.46. The molecular formula is C12H16F2N4O2. The number of nitrogens with two attached hydrogens (primary N) is 1. The number of nitro groups is 1. The largest absolute Gasteiger partial charge is 0.357 e. The SMILES string of the molecule is CN1CCN(c2c([N+](=O)[O-])ccc(F)c2F)C(CN)C1. The van der Waals surface area contributed by atoms with Gasteiger partial charge in [-0.3, -0.25) is 10.1 Å². The van der Waals surface area contributed by atoms with Crippen LogP contribution in [0.2, 0.25) is 0 Å². The van der Waals surface area contributed by atoms with Gasteiger partial charge >= 0.3 is 0 Å². The van der Waals surface area contributed by atoms with E-state index in [0.717, 1.165) is 12.1 Å². The van der Waals surface area contributed by atoms with Crippen molar-refractivity contribution in [3.8, 4) is 0 Å². The maximum atomic E-state index is 14.0. The molecule has 110 valence electrons. The molecular weight excluding hydrogens is 270 g/mol. The number of hydrogen-bond donors (Lipinski definition) is 1. The lowest BCUT2D eigenvalue weighted by Crippen LogP contribution is -2.55. The van der Waals surface area contributed by atoms with Gasteiger partial charge in [0, 0.05) is 32.2 Å². The summed E-state index contributed by atoms with van der Waals surface area (Å²) in [5.41, 5.74) is 4.91. The Morgan fingerprint density at radius 3 is 2.75 bits per heavy atom. The van der Waals surface area contributed by atoms with E-state index >= 15 is 0 Å². The number of rotatable bonds is 3. The minimum absolute atomic E-state index is 0.206. The van der Waals surface area contributed by atoms with Gasteiger partial charge in [-0.15, -0.1) is 0 Å². The maximum Gasteiger partial charge on any atom is 0.295 e. The van der Waals surface area contributed by atoms with E-state index in [4.69, 9.17) is 5.73 Å². The van der Waals surface area contributed by atoms with Crippen molar-refractivity contribution in [3.05, 3.63) is 33.9 Å². The Morgan fingerprint density at radius 1 is 1.45 bits per heavy atom. The monoisotopic (exact) mass is 286 g/mol. The van der Waals surface area contributed by atoms with Gasteiger partial charge in [-0.25, -0.2) is 8.78 Å². The maximum absolute atomic E-state index is 14.0. The molecule has 1 fully saturated rings. The summed E-state index contributed by atoms with van der Waals surface area (Å²) in [5.74, 6) is -2.29. The molecule has 1 aromatic carbocycles. The molecule has 0 spiro atoms. The number of halogens is 2. The first kappa shape index (κ1) is 14.6. The van der Waals surface area contributed by atoms with Gasteiger partial charge in [0.1, 0.15) is 0 Å². The van der Waals surface area contributed by atoms with Crippen molar-refractivity contribution < 1.29 is 13.7 Å². The number of piperazine rings is 1. The third kappa shape index (κ3) is 2.56. The summed E-state index contributed by atoms with van der Waals surface area (Å²) in [6.45, 7) is 1.71. The first-order valence-corrected chi connectivity index (χ1v) is 6.23. The van der Waals surface area contributed by atoms with E-state index in [1.165, 1.54) is 4.90 Å². The van der Waals surface area contributed by atoms with Gasteiger partial charge in [-0.2, -0.15) is 0 Å². The Balaban J connectivity index is 2.49. The molecule has 20 heavy (non-hydrogen) atoms. The average molecular weight is 286 g/mol. The van der Waals surface area contributed by atoms with Crippen LogP contribution in [-0.2, 0) is 0 Å². The van der Waals surface area contributed by atoms with Crippen LogP contribution in [0.1, 0.15) is 0 Å². The summed E-state index contributed by atoms with van der Waals surface area (Å²) >= 11 is 0. The first-order chi connectivity index (χ1) is 9.45. The van der Waals surface area contributed by atoms with Crippen LogP contribution in [-0.4, -0.2) is 49.1 Å². The summed E-state index contributed by atoms with van der Waals surface area (Å²) < 4.78 is 27.5. The fraction of sp³-hybridized carbons (Fsp3) is 0.500. The molecule has 8 heteroatoms. The highest BCUT2D eigenvalue weighted by Crippen LogP contribution is 2.34. The molecule has 1 aliphatic rings. The number of nitro benzene ring substituents is 1. The third-order valence-electron chi connectivity index (χ3n) is 3.49. The molecule has 0 aliphatic carbocycles. The number of hydrogen-bond acceptors (Lipinski definition) is 5. The molecule has 0 radical (unpaired) electrons. The van der Waals surface area contributed by atoms with Crippen LogP contribution in [0.25, 0.3) is 0 Å². The molecule has 1 saturated heterocycles. The molecule has 2 rings (SSSR count). The number of nitrogens with zero attached hydrogens (tertiary/aromatic N) is 3. The standard InChI is InChI=1S/C12H16F2N4O2/c1-16-4-5-17(8(6-15)7-16)12-10(18(19)20)3-2-9(13)11(12)14/h2-3,8H,4-7,15H2,1H3. The Labute approximate surface area is 114 Å². The highest BCUT2D eigenvalue weighted by Gasteiger charge is 2.33. The number of anilines is 1. The quantitative estimate of drug-likeness (QED) is 0.661. The molecule has 1 aromatic rings. The van der Waals surface area contributed by atoms with Crippen LogP contribution in [0.15, 0.2) is 12.1 Å². The zero-order valence-electron chi connectivity index (χ0n) is 11.1. The van der Waals surface area contributed by atoms with Gasteiger partial charge in [0.05, 0.1) is 11.0 Å². The zero-order chi connectivity index (χ0) is 14.9. The lowest BCUT2D eigenvalue weighted by atomic mass is 10.1. The van der Waals surface area contributed by atoms with Crippen LogP contribution in [0.3, 0.4) is 0 Å². The topological polar surface area (TPSA) is 75.6 Å². The van der Waals surface area contributed by atoms with Crippen LogP contribution in [0.4, 0.5) is 20.2 Å². The molecule has 1 atom stereocenters. The molecule has 1 heterocycles. The number of benzene rings is 1. The van der Waals surface area contributed by atoms with E-state index in [-0.39, 0.29) is 18.3 Å². The van der Waals surface area contributed by atoms with E-state index < -0.39 is 22.2 Å². The fourth-order valence-electron chi connectivity index (χ4n) is 2.46. The van der Waals surface area contributed by atoms with Gasteiger partial charge in [-0.05, 0) is 13.1 Å². The highest BCUT2D eigenvalue weighted by molar-refractivity contribution is 5.65. The lowest BCUT2D eigenvalue weighted by Gasteiger charge is -2.40. The minimum atomic E-state index is -1.19. The Hall–Kier alpha value is -1.80. The van der Waals surface area contributed by atoms with Crippen molar-refractivity contribution in [2.75, 3.05) is 38.1 Å². The predicted molar refractivity (Wildman–Crippen MR) is 70.7 cm³/mol. The normalized spacial score (nSPS) is 20.2. The Morgan fingerprint density at radius 2 is 2.15 bits per heavy atom. The molecule has 0 saturated carbocycles. The predicted octanol–water partition coefficient (Wildman–Crippen LogP) is 0.952. The summed E-state index contributed by atoms with van der Waals surface area (Å²) in [6.07, 6.45) is 0. The Kier molecular flexibility index (Phi) is 4.15. The van der Waals surface area contributed by atoms with E-state index in [1.54, 1.807) is 0 Å². The van der Waals surface area contributed by atoms with Gasteiger partial charge in [0.25, 0.3) is 5.69 Å². The molecule has 0 bridgehead atoms. The van der Waals surface area contributed by atoms with Crippen molar-refractivity contribution in [3.63, 3.8) is 0 Å². The average Bonchev–Trinajstić information content (AvgIpc) is 2.41. The van der Waals surface area contributed by atoms with Crippen LogP contribution in [0, 0.1) is 21.7 Å². The van der Waals surface area contributed by atoms with E-state index in [9.17, 15) is 18.9 Å². The van der Waals surface area contributed by atoms with Crippen molar-refractivity contribution in [1.82, 2.24) is 4.90 Å². The van der Waals surface area contributed by atoms with Gasteiger partial charge in [0.2, 0.25) is 0 Å². The van der Waals surface area contributed by atoms with Crippen molar-refractivity contribution in [1.29, 1.82) is 0 Å². The minimum Gasteiger partial charge on any atom is -0.357 e. The summed E-state index contributed by atoms with van der Waals surface area (Å²) in [4.78, 5) is 13.8. The molecule has 6 nitrogen and oxygen atoms in total. The van der Waals surface area contributed by atoms with E-state index in [2.05, 4.69) is 0 Å². The summed E-state index contributed by atoms with van der Waals surface area (Å²) in [6, 6.07) is 1.47. The van der Waals surface area contributed by atoms with Gasteiger partial charge in [-0.1, -0.05) is 0 Å². The zero-order valence-corrected chi connectivity index (χ0v) is 11.1. The lowest BCUT2D eigenvalue weighted by molar-refractivity contribution is -0.384. The number of likely N-dealkylation sites (N-methyl/N-ethyl adjacent to an activating group) is 1. The summed E-state index contributed by atoms with van der Waals surface area (Å²) in [5, 5.41) is 11.0. The Bertz CT molecular complexity index is 526.